The van der Waals surface area contributed by atoms with Crippen molar-refractivity contribution in [2.75, 3.05) is 5.73 Å². The smallest absolute Gasteiger partial charge is 0.153 e. The second-order valence-corrected chi connectivity index (χ2v) is 4.15. The molecule has 0 saturated carbocycles. The lowest BCUT2D eigenvalue weighted by atomic mass is 10.1. The van der Waals surface area contributed by atoms with Crippen LogP contribution in [0.4, 0.5) is 10.2 Å². The molecule has 15 heavy (non-hydrogen) atoms. The Morgan fingerprint density at radius 3 is 2.80 bits per heavy atom. The van der Waals surface area contributed by atoms with Crippen LogP contribution in [0.5, 0.6) is 0 Å². The first kappa shape index (κ1) is 10.2. The normalized spacial score (nSPS) is 10.6. The number of hydrogen-bond acceptors (Lipinski definition) is 2. The Hall–Kier alpha value is -1.36. The van der Waals surface area contributed by atoms with Crippen molar-refractivity contribution < 1.29 is 4.39 Å². The molecule has 3 N–H and O–H groups in total. The summed E-state index contributed by atoms with van der Waals surface area (Å²) in [6, 6.07) is 4.72. The van der Waals surface area contributed by atoms with Gasteiger partial charge in [0.2, 0.25) is 0 Å². The second kappa shape index (κ2) is 3.66. The maximum Gasteiger partial charge on any atom is 0.153 e. The van der Waals surface area contributed by atoms with Gasteiger partial charge in [-0.05, 0) is 25.1 Å². The molecule has 3 nitrogen and oxygen atoms in total. The Kier molecular flexibility index (Phi) is 2.48. The predicted molar refractivity (Wildman–Crippen MR) is 60.8 cm³/mol. The van der Waals surface area contributed by atoms with Gasteiger partial charge in [0.05, 0.1) is 0 Å². The Morgan fingerprint density at radius 1 is 1.47 bits per heavy atom. The number of nitrogens with one attached hydrogen (secondary N) is 1. The van der Waals surface area contributed by atoms with Crippen LogP contribution >= 0.6 is 15.9 Å². The van der Waals surface area contributed by atoms with Crippen molar-refractivity contribution >= 4 is 21.7 Å². The van der Waals surface area contributed by atoms with Crippen LogP contribution in [-0.2, 0) is 0 Å². The predicted octanol–water partition coefficient (Wildman–Crippen LogP) is 2.87. The van der Waals surface area contributed by atoms with E-state index in [-0.39, 0.29) is 5.82 Å². The molecule has 78 valence electrons. The lowest BCUT2D eigenvalue weighted by molar-refractivity contribution is 0.631. The van der Waals surface area contributed by atoms with E-state index in [1.165, 1.54) is 6.07 Å². The van der Waals surface area contributed by atoms with Gasteiger partial charge in [-0.2, -0.15) is 5.10 Å². The van der Waals surface area contributed by atoms with E-state index >= 15 is 0 Å². The fourth-order valence-electron chi connectivity index (χ4n) is 1.48. The third-order valence-electron chi connectivity index (χ3n) is 2.17. The molecule has 0 spiro atoms. The second-order valence-electron chi connectivity index (χ2n) is 3.23. The maximum absolute atomic E-state index is 13.6. The van der Waals surface area contributed by atoms with Crippen molar-refractivity contribution in [2.24, 2.45) is 0 Å². The molecule has 1 heterocycles. The van der Waals surface area contributed by atoms with Crippen molar-refractivity contribution in [2.45, 2.75) is 6.92 Å². The summed E-state index contributed by atoms with van der Waals surface area (Å²) in [6.45, 7) is 1.80. The van der Waals surface area contributed by atoms with Crippen LogP contribution in [0.25, 0.3) is 11.1 Å². The van der Waals surface area contributed by atoms with Gasteiger partial charge in [-0.3, -0.25) is 5.10 Å². The first-order valence-corrected chi connectivity index (χ1v) is 5.14. The van der Waals surface area contributed by atoms with E-state index in [1.54, 1.807) is 19.1 Å². The summed E-state index contributed by atoms with van der Waals surface area (Å²) in [5.41, 5.74) is 7.49. The topological polar surface area (TPSA) is 54.7 Å². The summed E-state index contributed by atoms with van der Waals surface area (Å²) in [4.78, 5) is 0. The van der Waals surface area contributed by atoms with E-state index in [0.29, 0.717) is 16.9 Å². The summed E-state index contributed by atoms with van der Waals surface area (Å²) in [5, 5.41) is 6.56. The maximum atomic E-state index is 13.6. The van der Waals surface area contributed by atoms with Crippen LogP contribution in [0.1, 0.15) is 5.69 Å². The number of anilines is 1. The van der Waals surface area contributed by atoms with Crippen LogP contribution in [0.3, 0.4) is 0 Å². The molecule has 2 aromatic rings. The highest BCUT2D eigenvalue weighted by Crippen LogP contribution is 2.31. The van der Waals surface area contributed by atoms with Crippen LogP contribution in [-0.4, -0.2) is 10.2 Å². The van der Waals surface area contributed by atoms with Gasteiger partial charge in [-0.15, -0.1) is 0 Å². The number of nitrogens with zero attached hydrogens (tertiary/aromatic N) is 1. The van der Waals surface area contributed by atoms with E-state index in [0.717, 1.165) is 10.2 Å². The molecule has 0 unspecified atom stereocenters. The number of hydrogen-bond donors (Lipinski definition) is 2. The molecule has 0 bridgehead atoms. The Balaban J connectivity index is 2.68. The molecule has 2 rings (SSSR count). The van der Waals surface area contributed by atoms with Gasteiger partial charge in [-0.1, -0.05) is 15.9 Å². The molecule has 0 radical (unpaired) electrons. The van der Waals surface area contributed by atoms with Gasteiger partial charge in [0.15, 0.2) is 5.82 Å². The molecule has 0 aliphatic carbocycles. The van der Waals surface area contributed by atoms with E-state index < -0.39 is 0 Å². The van der Waals surface area contributed by atoms with Gasteiger partial charge >= 0.3 is 0 Å². The van der Waals surface area contributed by atoms with E-state index in [1.807, 2.05) is 0 Å². The number of nitrogens with two attached hydrogens (primary N) is 1. The van der Waals surface area contributed by atoms with Gasteiger partial charge < -0.3 is 5.73 Å². The number of nitrogen functional groups attached to an aromatic ring is 1. The zero-order valence-electron chi connectivity index (χ0n) is 8.01. The fourth-order valence-corrected chi connectivity index (χ4v) is 1.84. The molecular formula is C10H9BrFN3. The molecule has 0 fully saturated rings. The van der Waals surface area contributed by atoms with Gasteiger partial charge in [0.25, 0.3) is 0 Å². The van der Waals surface area contributed by atoms with Crippen molar-refractivity contribution in [1.82, 2.24) is 10.2 Å². The first-order chi connectivity index (χ1) is 7.09. The van der Waals surface area contributed by atoms with Crippen molar-refractivity contribution in [3.8, 4) is 11.1 Å². The fraction of sp³-hybridized carbons (Fsp3) is 0.100. The number of aromatic amines is 1. The van der Waals surface area contributed by atoms with Crippen LogP contribution < -0.4 is 5.73 Å². The standard InChI is InChI=1S/C10H9BrFN3/c1-5-9(10(13)15-14-5)7-4-6(11)2-3-8(7)12/h2-4H,1H3,(H3,13,14,15). The van der Waals surface area contributed by atoms with Gasteiger partial charge in [0.1, 0.15) is 5.82 Å². The number of halogens is 2. The van der Waals surface area contributed by atoms with Crippen molar-refractivity contribution in [1.29, 1.82) is 0 Å². The number of H-pyrrole nitrogens is 1. The minimum Gasteiger partial charge on any atom is -0.382 e. The number of aryl methyl sites for hydroxylation is 1. The molecule has 5 heteroatoms. The van der Waals surface area contributed by atoms with Gasteiger partial charge in [-0.25, -0.2) is 4.39 Å². The molecule has 0 saturated heterocycles. The summed E-state index contributed by atoms with van der Waals surface area (Å²) in [5.74, 6) is -0.00102. The Bertz CT molecular complexity index is 488. The lowest BCUT2D eigenvalue weighted by Gasteiger charge is -2.03. The monoisotopic (exact) mass is 269 g/mol. The zero-order chi connectivity index (χ0) is 11.0. The molecule has 1 aromatic carbocycles. The van der Waals surface area contributed by atoms with Crippen molar-refractivity contribution in [3.63, 3.8) is 0 Å². The lowest BCUT2D eigenvalue weighted by Crippen LogP contribution is -1.91. The molecule has 1 aromatic heterocycles. The molecule has 0 amide bonds. The Labute approximate surface area is 94.6 Å². The summed E-state index contributed by atoms with van der Waals surface area (Å²) in [6.07, 6.45) is 0. The quantitative estimate of drug-likeness (QED) is 0.837. The minimum atomic E-state index is -0.311. The zero-order valence-corrected chi connectivity index (χ0v) is 9.60. The highest BCUT2D eigenvalue weighted by atomic mass is 79.9. The summed E-state index contributed by atoms with van der Waals surface area (Å²) >= 11 is 3.29. The van der Waals surface area contributed by atoms with Crippen LogP contribution in [0, 0.1) is 12.7 Å². The highest BCUT2D eigenvalue weighted by Gasteiger charge is 2.14. The minimum absolute atomic E-state index is 0.310. The summed E-state index contributed by atoms with van der Waals surface area (Å²) in [7, 11) is 0. The van der Waals surface area contributed by atoms with E-state index in [9.17, 15) is 4.39 Å². The number of benzene rings is 1. The number of rotatable bonds is 1. The van der Waals surface area contributed by atoms with Crippen LogP contribution in [0.15, 0.2) is 22.7 Å². The van der Waals surface area contributed by atoms with E-state index in [4.69, 9.17) is 5.73 Å². The number of aromatic nitrogens is 2. The third-order valence-corrected chi connectivity index (χ3v) is 2.67. The third kappa shape index (κ3) is 1.74. The molecule has 0 aliphatic rings. The molecule has 0 atom stereocenters. The van der Waals surface area contributed by atoms with Crippen LogP contribution in [0.2, 0.25) is 0 Å². The van der Waals surface area contributed by atoms with Gasteiger partial charge in [0, 0.05) is 21.3 Å². The average molecular weight is 270 g/mol. The van der Waals surface area contributed by atoms with E-state index in [2.05, 4.69) is 26.1 Å². The highest BCUT2D eigenvalue weighted by molar-refractivity contribution is 9.10. The SMILES string of the molecule is Cc1[nH]nc(N)c1-c1cc(Br)ccc1F. The average Bonchev–Trinajstić information content (AvgIpc) is 2.51. The Morgan fingerprint density at radius 2 is 2.20 bits per heavy atom. The first-order valence-electron chi connectivity index (χ1n) is 4.35. The largest absolute Gasteiger partial charge is 0.382 e. The molecular weight excluding hydrogens is 261 g/mol. The molecule has 0 aliphatic heterocycles. The summed E-state index contributed by atoms with van der Waals surface area (Å²) < 4.78 is 14.4. The van der Waals surface area contributed by atoms with Crippen molar-refractivity contribution in [3.05, 3.63) is 34.2 Å².